The zero-order valence-electron chi connectivity index (χ0n) is 16.2. The van der Waals surface area contributed by atoms with Crippen molar-refractivity contribution in [3.63, 3.8) is 0 Å². The summed E-state index contributed by atoms with van der Waals surface area (Å²) in [5, 5.41) is 5.54. The van der Waals surface area contributed by atoms with Crippen LogP contribution in [0.1, 0.15) is 43.6 Å². The van der Waals surface area contributed by atoms with Gasteiger partial charge in [-0.1, -0.05) is 0 Å². The maximum Gasteiger partial charge on any atom is 0.255 e. The number of carbonyl (C=O) groups excluding carboxylic acids is 2. The summed E-state index contributed by atoms with van der Waals surface area (Å²) in [6.07, 6.45) is 0.0825. The molecule has 0 fully saturated rings. The van der Waals surface area contributed by atoms with Crippen LogP contribution >= 0.6 is 0 Å². The van der Waals surface area contributed by atoms with E-state index in [1.807, 2.05) is 20.8 Å². The Balaban J connectivity index is 2.12. The Bertz CT molecular complexity index is 785. The van der Waals surface area contributed by atoms with E-state index in [4.69, 9.17) is 9.47 Å². The summed E-state index contributed by atoms with van der Waals surface area (Å²) in [4.78, 5) is 23.6. The summed E-state index contributed by atoms with van der Waals surface area (Å²) in [6.45, 7) is 8.20. The van der Waals surface area contributed by atoms with Crippen LogP contribution in [0.25, 0.3) is 0 Å². The molecule has 2 amide bonds. The minimum absolute atomic E-state index is 0.0825. The highest BCUT2D eigenvalue weighted by atomic mass is 16.5. The van der Waals surface area contributed by atoms with Crippen LogP contribution in [0.5, 0.6) is 5.75 Å². The minimum atomic E-state index is -0.226. The summed E-state index contributed by atoms with van der Waals surface area (Å²) >= 11 is 0. The lowest BCUT2D eigenvalue weighted by Gasteiger charge is -2.14. The molecule has 0 atom stereocenters. The van der Waals surface area contributed by atoms with E-state index in [0.29, 0.717) is 30.2 Å². The second kappa shape index (κ2) is 9.73. The maximum absolute atomic E-state index is 12.6. The molecular formula is C21H26N2O4. The van der Waals surface area contributed by atoms with Gasteiger partial charge >= 0.3 is 0 Å². The number of nitrogens with one attached hydrogen (secondary N) is 2. The van der Waals surface area contributed by atoms with Crippen LogP contribution in [-0.4, -0.2) is 24.5 Å². The van der Waals surface area contributed by atoms with Crippen LogP contribution in [0.3, 0.4) is 0 Å². The van der Waals surface area contributed by atoms with E-state index in [1.54, 1.807) is 42.5 Å². The molecule has 2 N–H and O–H groups in total. The molecule has 0 unspecified atom stereocenters. The van der Waals surface area contributed by atoms with Crippen molar-refractivity contribution in [3.05, 3.63) is 53.6 Å². The molecule has 0 aliphatic heterocycles. The largest absolute Gasteiger partial charge is 0.494 e. The Kier molecular flexibility index (Phi) is 7.37. The third-order valence-corrected chi connectivity index (χ3v) is 3.66. The molecule has 6 heteroatoms. The summed E-state index contributed by atoms with van der Waals surface area (Å²) in [6, 6.07) is 12.2. The lowest BCUT2D eigenvalue weighted by Crippen LogP contribution is -2.13. The molecule has 0 spiro atoms. The van der Waals surface area contributed by atoms with Crippen molar-refractivity contribution in [3.8, 4) is 5.75 Å². The Morgan fingerprint density at radius 3 is 2.19 bits per heavy atom. The molecule has 2 aromatic carbocycles. The summed E-state index contributed by atoms with van der Waals surface area (Å²) < 4.78 is 11.3. The summed E-state index contributed by atoms with van der Waals surface area (Å²) in [7, 11) is 0. The first-order valence-electron chi connectivity index (χ1n) is 8.95. The molecular weight excluding hydrogens is 344 g/mol. The van der Waals surface area contributed by atoms with Gasteiger partial charge in [-0.15, -0.1) is 0 Å². The number of amides is 2. The van der Waals surface area contributed by atoms with Crippen molar-refractivity contribution in [2.75, 3.05) is 17.2 Å². The molecule has 2 rings (SSSR count). The molecule has 0 saturated heterocycles. The van der Waals surface area contributed by atoms with Crippen LogP contribution in [0.15, 0.2) is 42.5 Å². The van der Waals surface area contributed by atoms with E-state index in [1.165, 1.54) is 6.92 Å². The Morgan fingerprint density at radius 1 is 1.00 bits per heavy atom. The molecule has 0 radical (unpaired) electrons. The number of benzene rings is 2. The van der Waals surface area contributed by atoms with Gasteiger partial charge in [0.15, 0.2) is 0 Å². The van der Waals surface area contributed by atoms with E-state index < -0.39 is 0 Å². The smallest absolute Gasteiger partial charge is 0.255 e. The fourth-order valence-electron chi connectivity index (χ4n) is 2.43. The lowest BCUT2D eigenvalue weighted by molar-refractivity contribution is -0.114. The van der Waals surface area contributed by atoms with Gasteiger partial charge in [0.2, 0.25) is 5.91 Å². The third kappa shape index (κ3) is 6.42. The zero-order chi connectivity index (χ0) is 19.8. The highest BCUT2D eigenvalue weighted by Gasteiger charge is 2.12. The molecule has 0 bridgehead atoms. The zero-order valence-corrected chi connectivity index (χ0v) is 16.2. The van der Waals surface area contributed by atoms with E-state index in [2.05, 4.69) is 10.6 Å². The fraction of sp³-hybridized carbons (Fsp3) is 0.333. The van der Waals surface area contributed by atoms with Gasteiger partial charge in [0.1, 0.15) is 5.75 Å². The molecule has 0 aliphatic rings. The minimum Gasteiger partial charge on any atom is -0.494 e. The second-order valence-corrected chi connectivity index (χ2v) is 6.33. The SMILES string of the molecule is CCOc1ccc(C(=O)Nc2ccc(NC(C)=O)cc2)cc1COC(C)C. The van der Waals surface area contributed by atoms with E-state index in [-0.39, 0.29) is 17.9 Å². The normalized spacial score (nSPS) is 10.6. The van der Waals surface area contributed by atoms with Crippen molar-refractivity contribution >= 4 is 23.2 Å². The number of ether oxygens (including phenoxy) is 2. The highest BCUT2D eigenvalue weighted by molar-refractivity contribution is 6.04. The van der Waals surface area contributed by atoms with E-state index >= 15 is 0 Å². The van der Waals surface area contributed by atoms with Crippen LogP contribution < -0.4 is 15.4 Å². The average molecular weight is 370 g/mol. The Hall–Kier alpha value is -2.86. The standard InChI is InChI=1S/C21H26N2O4/c1-5-26-20-11-6-16(12-17(20)13-27-14(2)3)21(25)23-19-9-7-18(8-10-19)22-15(4)24/h6-12,14H,5,13H2,1-4H3,(H,22,24)(H,23,25). The first kappa shape index (κ1) is 20.5. The van der Waals surface area contributed by atoms with Crippen molar-refractivity contribution in [1.82, 2.24) is 0 Å². The highest BCUT2D eigenvalue weighted by Crippen LogP contribution is 2.23. The van der Waals surface area contributed by atoms with E-state index in [0.717, 1.165) is 11.3 Å². The average Bonchev–Trinajstić information content (AvgIpc) is 2.62. The van der Waals surface area contributed by atoms with Gasteiger partial charge in [0.25, 0.3) is 5.91 Å². The van der Waals surface area contributed by atoms with Gasteiger partial charge in [-0.2, -0.15) is 0 Å². The molecule has 6 nitrogen and oxygen atoms in total. The lowest BCUT2D eigenvalue weighted by atomic mass is 10.1. The van der Waals surface area contributed by atoms with Gasteiger partial charge in [-0.3, -0.25) is 9.59 Å². The topological polar surface area (TPSA) is 76.7 Å². The molecule has 0 aliphatic carbocycles. The first-order valence-corrected chi connectivity index (χ1v) is 8.95. The molecule has 27 heavy (non-hydrogen) atoms. The van der Waals surface area contributed by atoms with Crippen molar-refractivity contribution in [2.45, 2.75) is 40.4 Å². The molecule has 0 aromatic heterocycles. The number of rotatable bonds is 8. The first-order chi connectivity index (χ1) is 12.9. The number of carbonyl (C=O) groups is 2. The molecule has 0 heterocycles. The Labute approximate surface area is 159 Å². The van der Waals surface area contributed by atoms with Crippen LogP contribution in [0, 0.1) is 0 Å². The van der Waals surface area contributed by atoms with Gasteiger partial charge < -0.3 is 20.1 Å². The van der Waals surface area contributed by atoms with Gasteiger partial charge in [0, 0.05) is 29.4 Å². The monoisotopic (exact) mass is 370 g/mol. The van der Waals surface area contributed by atoms with Crippen molar-refractivity contribution in [2.24, 2.45) is 0 Å². The van der Waals surface area contributed by atoms with Crippen molar-refractivity contribution in [1.29, 1.82) is 0 Å². The number of hydrogen-bond acceptors (Lipinski definition) is 4. The Morgan fingerprint density at radius 2 is 1.63 bits per heavy atom. The number of hydrogen-bond donors (Lipinski definition) is 2. The van der Waals surface area contributed by atoms with Crippen LogP contribution in [-0.2, 0) is 16.1 Å². The van der Waals surface area contributed by atoms with Crippen molar-refractivity contribution < 1.29 is 19.1 Å². The second-order valence-electron chi connectivity index (χ2n) is 6.33. The van der Waals surface area contributed by atoms with Crippen LogP contribution in [0.2, 0.25) is 0 Å². The predicted octanol–water partition coefficient (Wildman–Crippen LogP) is 4.22. The third-order valence-electron chi connectivity index (χ3n) is 3.66. The van der Waals surface area contributed by atoms with E-state index in [9.17, 15) is 9.59 Å². The summed E-state index contributed by atoms with van der Waals surface area (Å²) in [5.41, 5.74) is 2.67. The quantitative estimate of drug-likeness (QED) is 0.729. The molecule has 144 valence electrons. The molecule has 0 saturated carbocycles. The number of anilines is 2. The maximum atomic E-state index is 12.6. The van der Waals surface area contributed by atoms with Gasteiger partial charge in [-0.05, 0) is 63.2 Å². The fourth-order valence-corrected chi connectivity index (χ4v) is 2.43. The predicted molar refractivity (Wildman–Crippen MR) is 106 cm³/mol. The molecule has 2 aromatic rings. The summed E-state index contributed by atoms with van der Waals surface area (Å²) in [5.74, 6) is 0.350. The van der Waals surface area contributed by atoms with Gasteiger partial charge in [-0.25, -0.2) is 0 Å². The van der Waals surface area contributed by atoms with Crippen LogP contribution in [0.4, 0.5) is 11.4 Å². The van der Waals surface area contributed by atoms with Gasteiger partial charge in [0.05, 0.1) is 19.3 Å².